The number of halogens is 4. The van der Waals surface area contributed by atoms with Crippen molar-refractivity contribution in [3.05, 3.63) is 96.1 Å². The largest absolute Gasteiger partial charge is 0.505 e. The number of phenols is 1. The minimum atomic E-state index is -0.652. The van der Waals surface area contributed by atoms with Crippen LogP contribution in [0.5, 0.6) is 5.75 Å². The Morgan fingerprint density at radius 2 is 1.42 bits per heavy atom. The highest BCUT2D eigenvalue weighted by molar-refractivity contribution is 6.56. The number of pyridine rings is 1. The fourth-order valence-corrected chi connectivity index (χ4v) is 5.31. The van der Waals surface area contributed by atoms with Gasteiger partial charge in [0.1, 0.15) is 11.3 Å². The van der Waals surface area contributed by atoms with Crippen molar-refractivity contribution in [1.82, 2.24) is 4.98 Å². The van der Waals surface area contributed by atoms with Crippen LogP contribution in [0.2, 0.25) is 20.1 Å². The van der Waals surface area contributed by atoms with Gasteiger partial charge in [-0.2, -0.15) is 0 Å². The first kappa shape index (κ1) is 24.6. The van der Waals surface area contributed by atoms with Crippen LogP contribution in [0.15, 0.2) is 42.5 Å². The van der Waals surface area contributed by atoms with E-state index in [-0.39, 0.29) is 37.0 Å². The number of carbonyl (C=O) groups is 2. The molecule has 1 aromatic heterocycles. The molecule has 0 unspecified atom stereocenters. The minimum Gasteiger partial charge on any atom is -0.505 e. The maximum Gasteiger partial charge on any atom is 0.267 e. The van der Waals surface area contributed by atoms with E-state index in [1.807, 2.05) is 32.0 Å². The SMILES string of the molecule is Cc1cc(C)c2ccc(C=Cc3ccccc3N3C(=O)c4c(Cl)c(Cl)c(Cl)c(Cl)c4C3=O)nc2c1O. The molecule has 5 nitrogen and oxygen atoms in total. The van der Waals surface area contributed by atoms with Crippen molar-refractivity contribution in [2.75, 3.05) is 4.90 Å². The number of hydrogen-bond donors (Lipinski definition) is 1. The zero-order valence-corrected chi connectivity index (χ0v) is 21.9. The van der Waals surface area contributed by atoms with Gasteiger partial charge in [-0.1, -0.05) is 82.8 Å². The summed E-state index contributed by atoms with van der Waals surface area (Å²) in [6, 6.07) is 12.5. The summed E-state index contributed by atoms with van der Waals surface area (Å²) >= 11 is 24.8. The van der Waals surface area contributed by atoms with Crippen LogP contribution in [0.4, 0.5) is 5.69 Å². The molecule has 9 heteroatoms. The van der Waals surface area contributed by atoms with E-state index in [9.17, 15) is 14.7 Å². The van der Waals surface area contributed by atoms with Crippen LogP contribution in [0.3, 0.4) is 0 Å². The predicted molar refractivity (Wildman–Crippen MR) is 146 cm³/mol. The highest BCUT2D eigenvalue weighted by Crippen LogP contribution is 2.46. The first-order valence-corrected chi connectivity index (χ1v) is 12.2. The van der Waals surface area contributed by atoms with Crippen molar-refractivity contribution in [2.45, 2.75) is 13.8 Å². The second-order valence-corrected chi connectivity index (χ2v) is 9.85. The number of fused-ring (bicyclic) bond motifs is 2. The number of carbonyl (C=O) groups excluding carboxylic acids is 2. The number of hydrogen-bond acceptors (Lipinski definition) is 4. The zero-order chi connectivity index (χ0) is 25.9. The third-order valence-corrected chi connectivity index (χ3v) is 7.89. The van der Waals surface area contributed by atoms with E-state index in [4.69, 9.17) is 46.4 Å². The van der Waals surface area contributed by atoms with Gasteiger partial charge in [-0.15, -0.1) is 0 Å². The molecule has 0 fully saturated rings. The molecule has 1 aliphatic rings. The molecule has 180 valence electrons. The molecule has 3 aromatic carbocycles. The molecule has 1 aliphatic heterocycles. The average molecular weight is 558 g/mol. The van der Waals surface area contributed by atoms with Crippen molar-refractivity contribution in [3.8, 4) is 5.75 Å². The third-order valence-electron chi connectivity index (χ3n) is 6.08. The number of anilines is 1. The number of phenolic OH excluding ortho intramolecular Hbond substituents is 1. The van der Waals surface area contributed by atoms with Gasteiger partial charge in [-0.25, -0.2) is 9.88 Å². The Hall–Kier alpha value is -3.09. The Balaban J connectivity index is 1.58. The van der Waals surface area contributed by atoms with E-state index >= 15 is 0 Å². The molecule has 2 amide bonds. The van der Waals surface area contributed by atoms with Crippen LogP contribution >= 0.6 is 46.4 Å². The molecule has 1 N–H and O–H groups in total. The van der Waals surface area contributed by atoms with Crippen LogP contribution in [-0.2, 0) is 0 Å². The summed E-state index contributed by atoms with van der Waals surface area (Å²) in [5.41, 5.74) is 3.57. The molecular weight excluding hydrogens is 542 g/mol. The number of para-hydroxylation sites is 1. The molecule has 4 aromatic rings. The van der Waals surface area contributed by atoms with E-state index in [1.165, 1.54) is 0 Å². The molecule has 0 aliphatic carbocycles. The summed E-state index contributed by atoms with van der Waals surface area (Å²) < 4.78 is 0. The summed E-state index contributed by atoms with van der Waals surface area (Å²) in [4.78, 5) is 32.2. The lowest BCUT2D eigenvalue weighted by atomic mass is 10.0. The van der Waals surface area contributed by atoms with Crippen LogP contribution in [0, 0.1) is 13.8 Å². The van der Waals surface area contributed by atoms with E-state index in [1.54, 1.807) is 36.4 Å². The third kappa shape index (κ3) is 3.75. The Morgan fingerprint density at radius 3 is 2.06 bits per heavy atom. The Morgan fingerprint density at radius 1 is 0.806 bits per heavy atom. The smallest absolute Gasteiger partial charge is 0.267 e. The van der Waals surface area contributed by atoms with E-state index in [0.717, 1.165) is 21.4 Å². The second-order valence-electron chi connectivity index (χ2n) is 8.34. The number of aryl methyl sites for hydroxylation is 2. The van der Waals surface area contributed by atoms with Crippen molar-refractivity contribution in [3.63, 3.8) is 0 Å². The Bertz CT molecular complexity index is 1620. The fraction of sp³-hybridized carbons (Fsp3) is 0.0741. The zero-order valence-electron chi connectivity index (χ0n) is 18.9. The molecule has 0 atom stereocenters. The molecule has 0 bridgehead atoms. The van der Waals surface area contributed by atoms with Crippen LogP contribution in [0.1, 0.15) is 43.1 Å². The lowest BCUT2D eigenvalue weighted by molar-refractivity contribution is 0.0926. The molecule has 0 radical (unpaired) electrons. The topological polar surface area (TPSA) is 70.5 Å². The lowest BCUT2D eigenvalue weighted by Crippen LogP contribution is -2.30. The molecule has 0 spiro atoms. The van der Waals surface area contributed by atoms with Crippen LogP contribution in [0.25, 0.3) is 23.1 Å². The number of benzene rings is 3. The van der Waals surface area contributed by atoms with E-state index < -0.39 is 11.8 Å². The molecule has 5 rings (SSSR count). The quantitative estimate of drug-likeness (QED) is 0.157. The first-order chi connectivity index (χ1) is 17.1. The van der Waals surface area contributed by atoms with Crippen molar-refractivity contribution >= 4 is 87.0 Å². The molecular formula is C27H16Cl4N2O3. The number of nitrogens with zero attached hydrogens (tertiary/aromatic N) is 2. The summed E-state index contributed by atoms with van der Waals surface area (Å²) in [7, 11) is 0. The molecule has 2 heterocycles. The van der Waals surface area contributed by atoms with Gasteiger partial charge < -0.3 is 5.11 Å². The van der Waals surface area contributed by atoms with Crippen molar-refractivity contribution < 1.29 is 14.7 Å². The minimum absolute atomic E-state index is 0.0859. The van der Waals surface area contributed by atoms with Gasteiger partial charge in [-0.3, -0.25) is 9.59 Å². The van der Waals surface area contributed by atoms with Gasteiger partial charge in [0.15, 0.2) is 0 Å². The number of amides is 2. The maximum atomic E-state index is 13.3. The Labute approximate surface area is 226 Å². The average Bonchev–Trinajstić information content (AvgIpc) is 3.13. The molecule has 36 heavy (non-hydrogen) atoms. The maximum absolute atomic E-state index is 13.3. The standard InChI is InChI=1S/C27H16Cl4N2O3/c1-12-11-13(2)25(34)24-16(12)10-9-15(32-24)8-7-14-5-3-4-6-17(14)33-26(35)18-19(27(33)36)21(29)23(31)22(30)20(18)28/h3-11,34H,1-2H3. The van der Waals surface area contributed by atoms with Gasteiger partial charge in [0.2, 0.25) is 0 Å². The summed E-state index contributed by atoms with van der Waals surface area (Å²) in [5, 5.41) is 10.9. The van der Waals surface area contributed by atoms with E-state index in [2.05, 4.69) is 4.98 Å². The Kier molecular flexibility index (Phi) is 6.21. The van der Waals surface area contributed by atoms with Gasteiger partial charge in [0.05, 0.1) is 42.6 Å². The summed E-state index contributed by atoms with van der Waals surface area (Å²) in [6.07, 6.45) is 3.47. The molecule has 0 saturated heterocycles. The van der Waals surface area contributed by atoms with Gasteiger partial charge in [0.25, 0.3) is 11.8 Å². The second kappa shape index (κ2) is 9.09. The van der Waals surface area contributed by atoms with Crippen LogP contribution < -0.4 is 4.90 Å². The van der Waals surface area contributed by atoms with Crippen LogP contribution in [-0.4, -0.2) is 21.9 Å². The van der Waals surface area contributed by atoms with E-state index in [0.29, 0.717) is 22.5 Å². The monoisotopic (exact) mass is 556 g/mol. The van der Waals surface area contributed by atoms with Gasteiger partial charge >= 0.3 is 0 Å². The number of rotatable bonds is 3. The summed E-state index contributed by atoms with van der Waals surface area (Å²) in [6.45, 7) is 3.78. The number of imide groups is 1. The predicted octanol–water partition coefficient (Wildman–Crippen LogP) is 8.14. The highest BCUT2D eigenvalue weighted by atomic mass is 35.5. The lowest BCUT2D eigenvalue weighted by Gasteiger charge is -2.16. The number of aromatic hydroxyl groups is 1. The van der Waals surface area contributed by atoms with Crippen molar-refractivity contribution in [1.29, 1.82) is 0 Å². The number of aromatic nitrogens is 1. The molecule has 0 saturated carbocycles. The van der Waals surface area contributed by atoms with Gasteiger partial charge in [0, 0.05) is 5.39 Å². The first-order valence-electron chi connectivity index (χ1n) is 10.7. The normalized spacial score (nSPS) is 13.3. The highest BCUT2D eigenvalue weighted by Gasteiger charge is 2.42. The fourth-order valence-electron chi connectivity index (χ4n) is 4.30. The van der Waals surface area contributed by atoms with Gasteiger partial charge in [-0.05, 0) is 48.7 Å². The van der Waals surface area contributed by atoms with Crippen molar-refractivity contribution in [2.24, 2.45) is 0 Å². The summed E-state index contributed by atoms with van der Waals surface area (Å²) in [5.74, 6) is -1.18.